The van der Waals surface area contributed by atoms with E-state index in [1.165, 1.54) is 0 Å². The number of carboxylic acid groups (broad SMARTS) is 1. The van der Waals surface area contributed by atoms with E-state index in [0.717, 1.165) is 5.75 Å². The minimum absolute atomic E-state index is 0.188. The van der Waals surface area contributed by atoms with Crippen molar-refractivity contribution in [2.24, 2.45) is 5.92 Å². The molecule has 21 heavy (non-hydrogen) atoms. The predicted octanol–water partition coefficient (Wildman–Crippen LogP) is 1.86. The fraction of sp³-hybridized carbons (Fsp3) is 0.467. The second kappa shape index (κ2) is 8.84. The Morgan fingerprint density at radius 3 is 2.48 bits per heavy atom. The van der Waals surface area contributed by atoms with Crippen molar-refractivity contribution in [3.63, 3.8) is 0 Å². The summed E-state index contributed by atoms with van der Waals surface area (Å²) in [5, 5.41) is 14.0. The summed E-state index contributed by atoms with van der Waals surface area (Å²) in [5.74, 6) is -0.116. The van der Waals surface area contributed by atoms with E-state index in [2.05, 4.69) is 10.6 Å². The Morgan fingerprint density at radius 1 is 1.24 bits per heavy atom. The van der Waals surface area contributed by atoms with E-state index < -0.39 is 18.0 Å². The lowest BCUT2D eigenvalue weighted by atomic mass is 10.0. The number of carboxylic acids is 1. The Balaban J connectivity index is 2.25. The van der Waals surface area contributed by atoms with Crippen LogP contribution < -0.4 is 15.4 Å². The first-order valence-corrected chi connectivity index (χ1v) is 6.94. The van der Waals surface area contributed by atoms with E-state index >= 15 is 0 Å². The van der Waals surface area contributed by atoms with E-state index in [4.69, 9.17) is 9.84 Å². The zero-order chi connectivity index (χ0) is 15.7. The number of para-hydroxylation sites is 1. The van der Waals surface area contributed by atoms with Gasteiger partial charge >= 0.3 is 12.0 Å². The van der Waals surface area contributed by atoms with Gasteiger partial charge in [0.2, 0.25) is 0 Å². The summed E-state index contributed by atoms with van der Waals surface area (Å²) < 4.78 is 5.41. The maximum absolute atomic E-state index is 11.6. The van der Waals surface area contributed by atoms with Gasteiger partial charge in [-0.15, -0.1) is 0 Å². The number of carbonyl (C=O) groups excluding carboxylic acids is 1. The average molecular weight is 294 g/mol. The molecular formula is C15H22N2O4. The molecule has 0 saturated heterocycles. The first-order chi connectivity index (χ1) is 9.99. The van der Waals surface area contributed by atoms with Crippen molar-refractivity contribution in [1.82, 2.24) is 10.6 Å². The molecule has 0 aromatic heterocycles. The monoisotopic (exact) mass is 294 g/mol. The third-order valence-corrected chi connectivity index (χ3v) is 2.71. The molecule has 1 atom stereocenters. The molecule has 0 fully saturated rings. The molecule has 3 N–H and O–H groups in total. The Morgan fingerprint density at radius 2 is 1.90 bits per heavy atom. The maximum Gasteiger partial charge on any atom is 0.326 e. The largest absolute Gasteiger partial charge is 0.492 e. The first kappa shape index (κ1) is 16.8. The highest BCUT2D eigenvalue weighted by Gasteiger charge is 2.20. The minimum Gasteiger partial charge on any atom is -0.492 e. The number of urea groups is 1. The zero-order valence-electron chi connectivity index (χ0n) is 12.3. The van der Waals surface area contributed by atoms with E-state index in [-0.39, 0.29) is 5.92 Å². The molecule has 1 rings (SSSR count). The zero-order valence-corrected chi connectivity index (χ0v) is 12.3. The van der Waals surface area contributed by atoms with Crippen LogP contribution in [0.15, 0.2) is 30.3 Å². The molecule has 0 radical (unpaired) electrons. The molecule has 116 valence electrons. The number of hydrogen-bond donors (Lipinski definition) is 3. The van der Waals surface area contributed by atoms with Crippen LogP contribution in [0.4, 0.5) is 4.79 Å². The normalized spacial score (nSPS) is 11.8. The van der Waals surface area contributed by atoms with Crippen LogP contribution in [0.1, 0.15) is 20.3 Å². The highest BCUT2D eigenvalue weighted by molar-refractivity contribution is 5.82. The van der Waals surface area contributed by atoms with Crippen molar-refractivity contribution >= 4 is 12.0 Å². The van der Waals surface area contributed by atoms with Gasteiger partial charge in [-0.05, 0) is 24.5 Å². The highest BCUT2D eigenvalue weighted by Crippen LogP contribution is 2.07. The summed E-state index contributed by atoms with van der Waals surface area (Å²) in [6.07, 6.45) is 0.392. The Kier molecular flexibility index (Phi) is 7.08. The molecule has 0 heterocycles. The number of benzene rings is 1. The van der Waals surface area contributed by atoms with Gasteiger partial charge in [0.25, 0.3) is 0 Å². The molecule has 0 unspecified atom stereocenters. The lowest BCUT2D eigenvalue weighted by Crippen LogP contribution is -2.47. The lowest BCUT2D eigenvalue weighted by Gasteiger charge is -2.17. The molecule has 0 aliphatic carbocycles. The molecule has 0 saturated carbocycles. The summed E-state index contributed by atoms with van der Waals surface area (Å²) >= 11 is 0. The third-order valence-electron chi connectivity index (χ3n) is 2.71. The summed E-state index contributed by atoms with van der Waals surface area (Å²) in [6, 6.07) is 7.88. The molecule has 0 aliphatic heterocycles. The van der Waals surface area contributed by atoms with Gasteiger partial charge in [-0.25, -0.2) is 9.59 Å². The lowest BCUT2D eigenvalue weighted by molar-refractivity contribution is -0.139. The average Bonchev–Trinajstić information content (AvgIpc) is 2.43. The molecule has 1 aromatic carbocycles. The first-order valence-electron chi connectivity index (χ1n) is 6.94. The smallest absolute Gasteiger partial charge is 0.326 e. The molecule has 6 nitrogen and oxygen atoms in total. The molecule has 0 bridgehead atoms. The molecule has 1 aromatic rings. The number of rotatable bonds is 8. The minimum atomic E-state index is -1.03. The fourth-order valence-corrected chi connectivity index (χ4v) is 1.75. The van der Waals surface area contributed by atoms with Gasteiger partial charge in [-0.3, -0.25) is 0 Å². The van der Waals surface area contributed by atoms with Crippen LogP contribution in [0.5, 0.6) is 5.75 Å². The van der Waals surface area contributed by atoms with Crippen LogP contribution in [-0.2, 0) is 4.79 Å². The second-order valence-electron chi connectivity index (χ2n) is 5.08. The van der Waals surface area contributed by atoms with Gasteiger partial charge in [0.15, 0.2) is 0 Å². The number of carbonyl (C=O) groups is 2. The third kappa shape index (κ3) is 7.20. The van der Waals surface area contributed by atoms with Crippen molar-refractivity contribution in [2.75, 3.05) is 13.2 Å². The van der Waals surface area contributed by atoms with Crippen molar-refractivity contribution in [3.8, 4) is 5.75 Å². The van der Waals surface area contributed by atoms with Gasteiger partial charge in [0.1, 0.15) is 18.4 Å². The molecule has 6 heteroatoms. The number of aliphatic carboxylic acids is 1. The number of nitrogens with one attached hydrogen (secondary N) is 2. The van der Waals surface area contributed by atoms with Crippen molar-refractivity contribution in [2.45, 2.75) is 26.3 Å². The van der Waals surface area contributed by atoms with Crippen molar-refractivity contribution < 1.29 is 19.4 Å². The van der Waals surface area contributed by atoms with E-state index in [1.807, 2.05) is 44.2 Å². The van der Waals surface area contributed by atoms with E-state index in [9.17, 15) is 9.59 Å². The maximum atomic E-state index is 11.6. The molecule has 0 spiro atoms. The van der Waals surface area contributed by atoms with Crippen LogP contribution >= 0.6 is 0 Å². The number of ether oxygens (including phenoxy) is 1. The number of hydrogen-bond acceptors (Lipinski definition) is 3. The fourth-order valence-electron chi connectivity index (χ4n) is 1.75. The number of amides is 2. The molecular weight excluding hydrogens is 272 g/mol. The van der Waals surface area contributed by atoms with E-state index in [1.54, 1.807) is 0 Å². The van der Waals surface area contributed by atoms with Crippen LogP contribution in [0.2, 0.25) is 0 Å². The van der Waals surface area contributed by atoms with Crippen LogP contribution in [0, 0.1) is 5.92 Å². The predicted molar refractivity (Wildman–Crippen MR) is 79.4 cm³/mol. The topological polar surface area (TPSA) is 87.7 Å². The van der Waals surface area contributed by atoms with Crippen molar-refractivity contribution in [3.05, 3.63) is 30.3 Å². The summed E-state index contributed by atoms with van der Waals surface area (Å²) in [4.78, 5) is 22.6. The van der Waals surface area contributed by atoms with Gasteiger partial charge in [0.05, 0.1) is 6.54 Å². The Labute approximate surface area is 124 Å². The summed E-state index contributed by atoms with van der Waals surface area (Å²) in [6.45, 7) is 4.43. The molecule has 0 aliphatic rings. The standard InChI is InChI=1S/C15H22N2O4/c1-11(2)10-13(14(18)19)17-15(20)16-8-9-21-12-6-4-3-5-7-12/h3-7,11,13H,8-10H2,1-2H3,(H,18,19)(H2,16,17,20)/t13-/m0/s1. The summed E-state index contributed by atoms with van der Waals surface area (Å²) in [5.41, 5.74) is 0. The van der Waals surface area contributed by atoms with Gasteiger partial charge in [-0.2, -0.15) is 0 Å². The van der Waals surface area contributed by atoms with Crippen molar-refractivity contribution in [1.29, 1.82) is 0 Å². The highest BCUT2D eigenvalue weighted by atomic mass is 16.5. The van der Waals surface area contributed by atoms with Gasteiger partial charge in [0, 0.05) is 0 Å². The van der Waals surface area contributed by atoms with Gasteiger partial charge < -0.3 is 20.5 Å². The van der Waals surface area contributed by atoms with Gasteiger partial charge in [-0.1, -0.05) is 32.0 Å². The van der Waals surface area contributed by atoms with Crippen LogP contribution in [0.3, 0.4) is 0 Å². The van der Waals surface area contributed by atoms with Crippen LogP contribution in [-0.4, -0.2) is 36.3 Å². The van der Waals surface area contributed by atoms with Crippen LogP contribution in [0.25, 0.3) is 0 Å². The Bertz CT molecular complexity index is 448. The second-order valence-corrected chi connectivity index (χ2v) is 5.08. The quantitative estimate of drug-likeness (QED) is 0.639. The summed E-state index contributed by atoms with van der Waals surface area (Å²) in [7, 11) is 0. The molecule has 2 amide bonds. The SMILES string of the molecule is CC(C)C[C@H](NC(=O)NCCOc1ccccc1)C(=O)O. The Hall–Kier alpha value is -2.24. The van der Waals surface area contributed by atoms with E-state index in [0.29, 0.717) is 19.6 Å².